The smallest absolute Gasteiger partial charge is 0.123 e. The predicted octanol–water partition coefficient (Wildman–Crippen LogP) is 6.26. The van der Waals surface area contributed by atoms with E-state index in [2.05, 4.69) is 9.55 Å². The number of rotatable bonds is 8. The van der Waals surface area contributed by atoms with E-state index in [1.807, 2.05) is 48.6 Å². The van der Waals surface area contributed by atoms with Gasteiger partial charge in [-0.25, -0.2) is 9.37 Å². The third-order valence-corrected chi connectivity index (χ3v) is 6.05. The second kappa shape index (κ2) is 9.45. The highest BCUT2D eigenvalue weighted by Crippen LogP contribution is 2.29. The molecule has 2 aromatic carbocycles. The molecule has 0 aliphatic carbocycles. The monoisotopic (exact) mass is 408 g/mol. The van der Waals surface area contributed by atoms with Gasteiger partial charge in [0.2, 0.25) is 0 Å². The van der Waals surface area contributed by atoms with Crippen LogP contribution < -0.4 is 0 Å². The van der Waals surface area contributed by atoms with Crippen molar-refractivity contribution >= 4 is 35.0 Å². The number of aryl methyl sites for hydroxylation is 1. The lowest BCUT2D eigenvalue weighted by molar-refractivity contribution is 0.617. The molecule has 0 radical (unpaired) electrons. The molecule has 2 nitrogen and oxygen atoms in total. The summed E-state index contributed by atoms with van der Waals surface area (Å²) in [4.78, 5) is 4.12. The van der Waals surface area contributed by atoms with Crippen LogP contribution in [0.1, 0.15) is 17.5 Å². The van der Waals surface area contributed by atoms with Gasteiger partial charge in [-0.2, -0.15) is 11.8 Å². The quantitative estimate of drug-likeness (QED) is 0.437. The molecule has 0 saturated carbocycles. The lowest BCUT2D eigenvalue weighted by atomic mass is 10.1. The van der Waals surface area contributed by atoms with Gasteiger partial charge in [0.25, 0.3) is 0 Å². The summed E-state index contributed by atoms with van der Waals surface area (Å²) in [6, 6.07) is 12.4. The van der Waals surface area contributed by atoms with Gasteiger partial charge in [-0.15, -0.1) is 0 Å². The first-order valence-corrected chi connectivity index (χ1v) is 10.2. The second-order valence-corrected chi connectivity index (χ2v) is 8.23. The average molecular weight is 409 g/mol. The molecule has 0 aliphatic rings. The first-order valence-electron chi connectivity index (χ1n) is 8.36. The highest BCUT2D eigenvalue weighted by molar-refractivity contribution is 7.99. The number of hydrogen-bond donors (Lipinski definition) is 0. The Hall–Kier alpha value is -1.49. The summed E-state index contributed by atoms with van der Waals surface area (Å²) in [5.74, 6) is 0.620. The van der Waals surface area contributed by atoms with E-state index < -0.39 is 0 Å². The first-order chi connectivity index (χ1) is 12.6. The number of hydrogen-bond acceptors (Lipinski definition) is 2. The zero-order valence-electron chi connectivity index (χ0n) is 14.1. The lowest BCUT2D eigenvalue weighted by Gasteiger charge is -2.18. The molecule has 0 aliphatic heterocycles. The fourth-order valence-corrected chi connectivity index (χ4v) is 4.47. The molecule has 26 heavy (non-hydrogen) atoms. The molecule has 0 bridgehead atoms. The van der Waals surface area contributed by atoms with Gasteiger partial charge < -0.3 is 4.57 Å². The summed E-state index contributed by atoms with van der Waals surface area (Å²) in [6.07, 6.45) is 7.49. The van der Waals surface area contributed by atoms with Crippen molar-refractivity contribution in [3.63, 3.8) is 0 Å². The molecule has 136 valence electrons. The van der Waals surface area contributed by atoms with Crippen molar-refractivity contribution in [1.82, 2.24) is 9.55 Å². The van der Waals surface area contributed by atoms with E-state index in [4.69, 9.17) is 23.2 Å². The van der Waals surface area contributed by atoms with Gasteiger partial charge in [-0.1, -0.05) is 41.4 Å². The van der Waals surface area contributed by atoms with Crippen molar-refractivity contribution < 1.29 is 4.39 Å². The highest BCUT2D eigenvalue weighted by Gasteiger charge is 2.12. The Bertz CT molecular complexity index is 822. The summed E-state index contributed by atoms with van der Waals surface area (Å²) < 4.78 is 15.2. The van der Waals surface area contributed by atoms with Crippen molar-refractivity contribution in [3.05, 3.63) is 88.2 Å². The van der Waals surface area contributed by atoms with Gasteiger partial charge >= 0.3 is 0 Å². The summed E-state index contributed by atoms with van der Waals surface area (Å²) in [7, 11) is 0. The SMILES string of the molecule is Fc1ccc(CCC(Cn2ccnc2)SCc2ccc(Cl)cc2Cl)cc1. The van der Waals surface area contributed by atoms with Crippen molar-refractivity contribution in [1.29, 1.82) is 0 Å². The fourth-order valence-electron chi connectivity index (χ4n) is 2.68. The van der Waals surface area contributed by atoms with Gasteiger partial charge in [0.1, 0.15) is 5.82 Å². The van der Waals surface area contributed by atoms with Gasteiger partial charge in [0, 0.05) is 40.0 Å². The molecule has 3 aromatic rings. The molecule has 0 fully saturated rings. The molecular formula is C20H19Cl2FN2S. The molecule has 6 heteroatoms. The first kappa shape index (κ1) is 19.3. The fraction of sp³-hybridized carbons (Fsp3) is 0.250. The van der Waals surface area contributed by atoms with Crippen molar-refractivity contribution in [2.75, 3.05) is 0 Å². The third kappa shape index (κ3) is 5.76. The summed E-state index contributed by atoms with van der Waals surface area (Å²) >= 11 is 14.1. The van der Waals surface area contributed by atoms with Gasteiger partial charge in [-0.05, 0) is 48.2 Å². The van der Waals surface area contributed by atoms with Crippen LogP contribution in [-0.4, -0.2) is 14.8 Å². The predicted molar refractivity (Wildman–Crippen MR) is 108 cm³/mol. The Morgan fingerprint density at radius 1 is 1.12 bits per heavy atom. The van der Waals surface area contributed by atoms with Crippen molar-refractivity contribution in [2.24, 2.45) is 0 Å². The molecule has 1 unspecified atom stereocenters. The van der Waals surface area contributed by atoms with E-state index in [9.17, 15) is 4.39 Å². The van der Waals surface area contributed by atoms with Crippen LogP contribution in [0.5, 0.6) is 0 Å². The normalized spacial score (nSPS) is 12.3. The minimum atomic E-state index is -0.199. The average Bonchev–Trinajstić information content (AvgIpc) is 3.13. The van der Waals surface area contributed by atoms with Crippen LogP contribution in [0.4, 0.5) is 4.39 Å². The van der Waals surface area contributed by atoms with Gasteiger partial charge in [-0.3, -0.25) is 0 Å². The molecule has 0 amide bonds. The van der Waals surface area contributed by atoms with E-state index in [1.165, 1.54) is 12.1 Å². The van der Waals surface area contributed by atoms with E-state index in [0.717, 1.165) is 36.3 Å². The standard InChI is InChI=1S/C20H19Cl2FN2S/c21-17-5-4-16(20(22)11-17)13-26-19(12-25-10-9-24-14-25)8-3-15-1-6-18(23)7-2-15/h1-2,4-7,9-11,14,19H,3,8,12-13H2. The van der Waals surface area contributed by atoms with Crippen LogP contribution in [0, 0.1) is 5.82 Å². The van der Waals surface area contributed by atoms with E-state index in [-0.39, 0.29) is 5.82 Å². The zero-order chi connectivity index (χ0) is 18.4. The zero-order valence-corrected chi connectivity index (χ0v) is 16.4. The number of nitrogens with zero attached hydrogens (tertiary/aromatic N) is 2. The van der Waals surface area contributed by atoms with Crippen LogP contribution in [0.2, 0.25) is 10.0 Å². The molecule has 0 spiro atoms. The van der Waals surface area contributed by atoms with Crippen LogP contribution in [0.25, 0.3) is 0 Å². The van der Waals surface area contributed by atoms with Crippen LogP contribution in [0.3, 0.4) is 0 Å². The summed E-state index contributed by atoms with van der Waals surface area (Å²) in [5, 5.41) is 1.74. The molecule has 0 saturated heterocycles. The number of benzene rings is 2. The van der Waals surface area contributed by atoms with Crippen molar-refractivity contribution in [3.8, 4) is 0 Å². The Labute approximate surface area is 167 Å². The Morgan fingerprint density at radius 2 is 1.92 bits per heavy atom. The molecule has 3 rings (SSSR count). The molecule has 1 heterocycles. The van der Waals surface area contributed by atoms with Crippen LogP contribution in [0.15, 0.2) is 61.2 Å². The van der Waals surface area contributed by atoms with Gasteiger partial charge in [0.15, 0.2) is 0 Å². The minimum absolute atomic E-state index is 0.199. The topological polar surface area (TPSA) is 17.8 Å². The molecule has 1 atom stereocenters. The van der Waals surface area contributed by atoms with E-state index in [0.29, 0.717) is 15.3 Å². The van der Waals surface area contributed by atoms with Crippen molar-refractivity contribution in [2.45, 2.75) is 30.4 Å². The summed E-state index contributed by atoms with van der Waals surface area (Å²) in [5.41, 5.74) is 2.23. The van der Waals surface area contributed by atoms with Gasteiger partial charge in [0.05, 0.1) is 6.33 Å². The Morgan fingerprint density at radius 3 is 2.62 bits per heavy atom. The van der Waals surface area contributed by atoms with Crippen LogP contribution in [-0.2, 0) is 18.7 Å². The maximum Gasteiger partial charge on any atom is 0.123 e. The molecule has 1 aromatic heterocycles. The highest BCUT2D eigenvalue weighted by atomic mass is 35.5. The number of thioether (sulfide) groups is 1. The largest absolute Gasteiger partial charge is 0.336 e. The summed E-state index contributed by atoms with van der Waals surface area (Å²) in [6.45, 7) is 0.872. The number of aromatic nitrogens is 2. The second-order valence-electron chi connectivity index (χ2n) is 6.09. The minimum Gasteiger partial charge on any atom is -0.336 e. The van der Waals surface area contributed by atoms with Crippen LogP contribution >= 0.6 is 35.0 Å². The van der Waals surface area contributed by atoms with E-state index in [1.54, 1.807) is 12.3 Å². The van der Waals surface area contributed by atoms with E-state index >= 15 is 0 Å². The molecular weight excluding hydrogens is 390 g/mol. The number of imidazole rings is 1. The lowest BCUT2D eigenvalue weighted by Crippen LogP contribution is -2.13. The third-order valence-electron chi connectivity index (χ3n) is 4.13. The Balaban J connectivity index is 1.63. The molecule has 0 N–H and O–H groups in total. The Kier molecular flexibility index (Phi) is 7.00. The maximum atomic E-state index is 13.1. The number of halogens is 3. The maximum absolute atomic E-state index is 13.1.